The molecule has 2 aromatic rings. The van der Waals surface area contributed by atoms with Gasteiger partial charge in [0.25, 0.3) is 5.91 Å². The summed E-state index contributed by atoms with van der Waals surface area (Å²) >= 11 is 5.95. The zero-order valence-corrected chi connectivity index (χ0v) is 13.8. The monoisotopic (exact) mass is 345 g/mol. The molecule has 5 nitrogen and oxygen atoms in total. The Morgan fingerprint density at radius 1 is 1.25 bits per heavy atom. The van der Waals surface area contributed by atoms with Gasteiger partial charge in [0.2, 0.25) is 0 Å². The molecule has 1 heterocycles. The van der Waals surface area contributed by atoms with Gasteiger partial charge in [0.05, 0.1) is 12.2 Å². The van der Waals surface area contributed by atoms with Crippen molar-refractivity contribution in [2.24, 2.45) is 0 Å². The van der Waals surface area contributed by atoms with Crippen LogP contribution in [0.2, 0.25) is 5.02 Å². The SMILES string of the molecule is CCOC(=O)c1ccc(NC(=O)C2Cc3cc(Cl)ccc3O2)cc1. The van der Waals surface area contributed by atoms with Crippen LogP contribution in [-0.2, 0) is 16.0 Å². The van der Waals surface area contributed by atoms with Gasteiger partial charge in [-0.25, -0.2) is 4.79 Å². The summed E-state index contributed by atoms with van der Waals surface area (Å²) < 4.78 is 10.6. The second-order valence-corrected chi connectivity index (χ2v) is 5.79. The highest BCUT2D eigenvalue weighted by molar-refractivity contribution is 6.30. The summed E-state index contributed by atoms with van der Waals surface area (Å²) in [6.07, 6.45) is -0.119. The number of rotatable bonds is 4. The molecule has 1 N–H and O–H groups in total. The molecule has 124 valence electrons. The molecule has 0 spiro atoms. The van der Waals surface area contributed by atoms with E-state index in [-0.39, 0.29) is 11.9 Å². The Labute approximate surface area is 144 Å². The van der Waals surface area contributed by atoms with Gasteiger partial charge in [-0.15, -0.1) is 0 Å². The van der Waals surface area contributed by atoms with Crippen LogP contribution in [0.5, 0.6) is 5.75 Å². The molecule has 0 radical (unpaired) electrons. The minimum Gasteiger partial charge on any atom is -0.480 e. The summed E-state index contributed by atoms with van der Waals surface area (Å²) in [5.74, 6) is 0.0465. The fourth-order valence-electron chi connectivity index (χ4n) is 2.49. The first-order valence-electron chi connectivity index (χ1n) is 7.60. The van der Waals surface area contributed by atoms with Crippen LogP contribution >= 0.6 is 11.6 Å². The van der Waals surface area contributed by atoms with Gasteiger partial charge in [-0.3, -0.25) is 4.79 Å². The largest absolute Gasteiger partial charge is 0.480 e. The quantitative estimate of drug-likeness (QED) is 0.862. The highest BCUT2D eigenvalue weighted by Gasteiger charge is 2.29. The number of benzene rings is 2. The Bertz CT molecular complexity index is 773. The van der Waals surface area contributed by atoms with Crippen molar-refractivity contribution in [1.82, 2.24) is 0 Å². The normalized spacial score (nSPS) is 15.3. The van der Waals surface area contributed by atoms with Gasteiger partial charge in [0, 0.05) is 17.1 Å². The van der Waals surface area contributed by atoms with Crippen molar-refractivity contribution in [3.63, 3.8) is 0 Å². The van der Waals surface area contributed by atoms with E-state index in [1.807, 2.05) is 0 Å². The number of halogens is 1. The van der Waals surface area contributed by atoms with Gasteiger partial charge in [0.15, 0.2) is 6.10 Å². The number of carbonyl (C=O) groups excluding carboxylic acids is 2. The summed E-state index contributed by atoms with van der Waals surface area (Å²) in [5.41, 5.74) is 1.94. The minimum atomic E-state index is -0.594. The number of amides is 1. The summed E-state index contributed by atoms with van der Waals surface area (Å²) in [6.45, 7) is 2.07. The Morgan fingerprint density at radius 2 is 2.00 bits per heavy atom. The maximum absolute atomic E-state index is 12.3. The first kappa shape index (κ1) is 16.3. The number of hydrogen-bond donors (Lipinski definition) is 1. The standard InChI is InChI=1S/C18H16ClNO4/c1-2-23-18(22)11-3-6-14(7-4-11)20-17(21)16-10-12-9-13(19)5-8-15(12)24-16/h3-9,16H,2,10H2,1H3,(H,20,21). The third-order valence-corrected chi connectivity index (χ3v) is 3.89. The zero-order chi connectivity index (χ0) is 17.1. The summed E-state index contributed by atoms with van der Waals surface area (Å²) in [4.78, 5) is 23.9. The predicted molar refractivity (Wildman–Crippen MR) is 90.6 cm³/mol. The van der Waals surface area contributed by atoms with Crippen LogP contribution in [0.4, 0.5) is 5.69 Å². The maximum atomic E-state index is 12.3. The first-order chi connectivity index (χ1) is 11.6. The average Bonchev–Trinajstić information content (AvgIpc) is 2.99. The van der Waals surface area contributed by atoms with Crippen molar-refractivity contribution in [3.05, 3.63) is 58.6 Å². The third kappa shape index (κ3) is 3.51. The van der Waals surface area contributed by atoms with Crippen LogP contribution in [0.25, 0.3) is 0 Å². The van der Waals surface area contributed by atoms with Gasteiger partial charge in [-0.2, -0.15) is 0 Å². The molecular weight excluding hydrogens is 330 g/mol. The molecule has 1 amide bonds. The van der Waals surface area contributed by atoms with Crippen LogP contribution in [0.15, 0.2) is 42.5 Å². The number of carbonyl (C=O) groups is 2. The van der Waals surface area contributed by atoms with E-state index >= 15 is 0 Å². The lowest BCUT2D eigenvalue weighted by Gasteiger charge is -2.11. The molecule has 0 saturated carbocycles. The topological polar surface area (TPSA) is 64.6 Å². The van der Waals surface area contributed by atoms with Gasteiger partial charge in [-0.05, 0) is 55.0 Å². The van der Waals surface area contributed by atoms with Crippen LogP contribution in [0.3, 0.4) is 0 Å². The van der Waals surface area contributed by atoms with E-state index in [1.165, 1.54) is 0 Å². The lowest BCUT2D eigenvalue weighted by atomic mass is 10.1. The number of fused-ring (bicyclic) bond motifs is 1. The Morgan fingerprint density at radius 3 is 2.71 bits per heavy atom. The van der Waals surface area contributed by atoms with E-state index in [1.54, 1.807) is 49.4 Å². The smallest absolute Gasteiger partial charge is 0.338 e. The summed E-state index contributed by atoms with van der Waals surface area (Å²) in [7, 11) is 0. The van der Waals surface area contributed by atoms with E-state index in [4.69, 9.17) is 21.1 Å². The van der Waals surface area contributed by atoms with E-state index < -0.39 is 6.10 Å². The lowest BCUT2D eigenvalue weighted by Crippen LogP contribution is -2.31. The fourth-order valence-corrected chi connectivity index (χ4v) is 2.68. The molecule has 3 rings (SSSR count). The van der Waals surface area contributed by atoms with Crippen molar-refractivity contribution in [2.75, 3.05) is 11.9 Å². The lowest BCUT2D eigenvalue weighted by molar-refractivity contribution is -0.122. The fraction of sp³-hybridized carbons (Fsp3) is 0.222. The van der Waals surface area contributed by atoms with Crippen molar-refractivity contribution in [2.45, 2.75) is 19.4 Å². The van der Waals surface area contributed by atoms with Crippen molar-refractivity contribution < 1.29 is 19.1 Å². The number of anilines is 1. The molecule has 0 aliphatic carbocycles. The van der Waals surface area contributed by atoms with Gasteiger partial charge in [0.1, 0.15) is 5.75 Å². The van der Waals surface area contributed by atoms with E-state index in [0.717, 1.165) is 5.56 Å². The molecular formula is C18H16ClNO4. The van der Waals surface area contributed by atoms with E-state index in [9.17, 15) is 9.59 Å². The van der Waals surface area contributed by atoms with Crippen molar-refractivity contribution in [1.29, 1.82) is 0 Å². The van der Waals surface area contributed by atoms with Crippen LogP contribution in [0, 0.1) is 0 Å². The molecule has 0 bridgehead atoms. The van der Waals surface area contributed by atoms with Crippen LogP contribution < -0.4 is 10.1 Å². The predicted octanol–water partition coefficient (Wildman–Crippen LogP) is 3.46. The Kier molecular flexibility index (Phi) is 4.71. The minimum absolute atomic E-state index is 0.244. The summed E-state index contributed by atoms with van der Waals surface area (Å²) in [5, 5.41) is 3.40. The summed E-state index contributed by atoms with van der Waals surface area (Å²) in [6, 6.07) is 11.8. The highest BCUT2D eigenvalue weighted by atomic mass is 35.5. The molecule has 24 heavy (non-hydrogen) atoms. The van der Waals surface area contributed by atoms with Crippen molar-refractivity contribution in [3.8, 4) is 5.75 Å². The maximum Gasteiger partial charge on any atom is 0.338 e. The zero-order valence-electron chi connectivity index (χ0n) is 13.0. The number of nitrogens with one attached hydrogen (secondary N) is 1. The Hall–Kier alpha value is -2.53. The molecule has 1 aliphatic rings. The molecule has 1 aliphatic heterocycles. The van der Waals surface area contributed by atoms with Crippen LogP contribution in [-0.4, -0.2) is 24.6 Å². The average molecular weight is 346 g/mol. The molecule has 0 fully saturated rings. The molecule has 0 aromatic heterocycles. The molecule has 1 unspecified atom stereocenters. The van der Waals surface area contributed by atoms with E-state index in [0.29, 0.717) is 35.1 Å². The highest BCUT2D eigenvalue weighted by Crippen LogP contribution is 2.31. The molecule has 0 saturated heterocycles. The van der Waals surface area contributed by atoms with E-state index in [2.05, 4.69) is 5.32 Å². The van der Waals surface area contributed by atoms with Gasteiger partial charge in [-0.1, -0.05) is 11.6 Å². The number of esters is 1. The number of ether oxygens (including phenoxy) is 2. The van der Waals surface area contributed by atoms with Gasteiger partial charge < -0.3 is 14.8 Å². The Balaban J connectivity index is 1.63. The molecule has 6 heteroatoms. The van der Waals surface area contributed by atoms with Gasteiger partial charge >= 0.3 is 5.97 Å². The number of hydrogen-bond acceptors (Lipinski definition) is 4. The first-order valence-corrected chi connectivity index (χ1v) is 7.97. The van der Waals surface area contributed by atoms with Crippen LogP contribution in [0.1, 0.15) is 22.8 Å². The molecule has 1 atom stereocenters. The third-order valence-electron chi connectivity index (χ3n) is 3.65. The second-order valence-electron chi connectivity index (χ2n) is 5.35. The second kappa shape index (κ2) is 6.93. The molecule has 2 aromatic carbocycles. The van der Waals surface area contributed by atoms with Crippen molar-refractivity contribution >= 4 is 29.2 Å².